The van der Waals surface area contributed by atoms with Crippen molar-refractivity contribution in [3.63, 3.8) is 0 Å². The number of aryl methyl sites for hydroxylation is 2. The molecule has 4 heteroatoms. The molecule has 4 rings (SSSR count). The summed E-state index contributed by atoms with van der Waals surface area (Å²) < 4.78 is 11.6. The summed E-state index contributed by atoms with van der Waals surface area (Å²) in [6.45, 7) is 5.86. The Morgan fingerprint density at radius 1 is 1.03 bits per heavy atom. The van der Waals surface area contributed by atoms with Crippen LogP contribution in [0.25, 0.3) is 27.7 Å². The van der Waals surface area contributed by atoms with Crippen LogP contribution in [-0.4, -0.2) is 13.0 Å². The van der Waals surface area contributed by atoms with Crippen LogP contribution in [0.15, 0.2) is 77.4 Å². The van der Waals surface area contributed by atoms with E-state index < -0.39 is 0 Å². The number of para-hydroxylation sites is 1. The van der Waals surface area contributed by atoms with Gasteiger partial charge in [0.1, 0.15) is 11.3 Å². The number of rotatable bonds is 5. The van der Waals surface area contributed by atoms with Gasteiger partial charge in [0.25, 0.3) is 0 Å². The summed E-state index contributed by atoms with van der Waals surface area (Å²) in [7, 11) is 1.64. The number of benzene rings is 3. The van der Waals surface area contributed by atoms with Crippen LogP contribution >= 0.6 is 0 Å². The molecule has 0 aliphatic carbocycles. The molecule has 4 nitrogen and oxygen atoms in total. The van der Waals surface area contributed by atoms with Crippen LogP contribution in [0.3, 0.4) is 0 Å². The molecule has 0 saturated heterocycles. The summed E-state index contributed by atoms with van der Waals surface area (Å²) in [6.07, 6.45) is 3.39. The summed E-state index contributed by atoms with van der Waals surface area (Å²) in [5, 5.41) is 3.95. The number of carbonyl (C=O) groups excluding carboxylic acids is 1. The standard InChI is InChI=1S/C27H25NO3/c1-17-10-8-9-13-24(17)28-25(29)14-18(2)21-15-22-23(20-11-6-5-7-12-20)16-31-27(22)19(3)26(21)30-4/h5-16H,1-4H3,(H,28,29)/b18-14+. The lowest BCUT2D eigenvalue weighted by molar-refractivity contribution is -0.111. The Hall–Kier alpha value is -3.79. The predicted octanol–water partition coefficient (Wildman–Crippen LogP) is 6.77. The molecule has 0 aliphatic heterocycles. The van der Waals surface area contributed by atoms with Gasteiger partial charge < -0.3 is 14.5 Å². The maximum atomic E-state index is 12.7. The topological polar surface area (TPSA) is 51.5 Å². The number of methoxy groups -OCH3 is 1. The first-order valence-electron chi connectivity index (χ1n) is 10.2. The molecule has 1 N–H and O–H groups in total. The number of ether oxygens (including phenoxy) is 1. The highest BCUT2D eigenvalue weighted by Gasteiger charge is 2.18. The van der Waals surface area contributed by atoms with Gasteiger partial charge in [-0.15, -0.1) is 0 Å². The van der Waals surface area contributed by atoms with E-state index in [1.54, 1.807) is 19.4 Å². The number of fused-ring (bicyclic) bond motifs is 1. The monoisotopic (exact) mass is 411 g/mol. The van der Waals surface area contributed by atoms with Gasteiger partial charge in [-0.05, 0) is 49.6 Å². The van der Waals surface area contributed by atoms with Crippen molar-refractivity contribution in [1.82, 2.24) is 0 Å². The van der Waals surface area contributed by atoms with Crippen molar-refractivity contribution in [3.8, 4) is 16.9 Å². The number of nitrogens with one attached hydrogen (secondary N) is 1. The van der Waals surface area contributed by atoms with Crippen molar-refractivity contribution in [3.05, 3.63) is 89.7 Å². The predicted molar refractivity (Wildman–Crippen MR) is 126 cm³/mol. The van der Waals surface area contributed by atoms with Gasteiger partial charge in [0.15, 0.2) is 0 Å². The highest BCUT2D eigenvalue weighted by atomic mass is 16.5. The number of amides is 1. The van der Waals surface area contributed by atoms with E-state index in [1.807, 2.05) is 69.3 Å². The van der Waals surface area contributed by atoms with Gasteiger partial charge in [0.2, 0.25) is 5.91 Å². The van der Waals surface area contributed by atoms with Crippen LogP contribution in [0.4, 0.5) is 5.69 Å². The van der Waals surface area contributed by atoms with Crippen LogP contribution in [0, 0.1) is 13.8 Å². The van der Waals surface area contributed by atoms with Crippen molar-refractivity contribution < 1.29 is 13.9 Å². The van der Waals surface area contributed by atoms with Gasteiger partial charge in [-0.3, -0.25) is 4.79 Å². The van der Waals surface area contributed by atoms with Crippen LogP contribution in [0.5, 0.6) is 5.75 Å². The third-order valence-electron chi connectivity index (χ3n) is 5.51. The van der Waals surface area contributed by atoms with Crippen LogP contribution in [-0.2, 0) is 4.79 Å². The van der Waals surface area contributed by atoms with Gasteiger partial charge in [-0.25, -0.2) is 0 Å². The number of anilines is 1. The lowest BCUT2D eigenvalue weighted by Crippen LogP contribution is -2.09. The first-order chi connectivity index (χ1) is 15.0. The van der Waals surface area contributed by atoms with Gasteiger partial charge in [-0.1, -0.05) is 48.5 Å². The number of furan rings is 1. The van der Waals surface area contributed by atoms with Crippen LogP contribution in [0.2, 0.25) is 0 Å². The van der Waals surface area contributed by atoms with Crippen LogP contribution in [0.1, 0.15) is 23.6 Å². The largest absolute Gasteiger partial charge is 0.496 e. The quantitative estimate of drug-likeness (QED) is 0.369. The first-order valence-corrected chi connectivity index (χ1v) is 10.2. The molecule has 0 fully saturated rings. The highest BCUT2D eigenvalue weighted by molar-refractivity contribution is 6.06. The third kappa shape index (κ3) is 3.97. The molecule has 156 valence electrons. The summed E-state index contributed by atoms with van der Waals surface area (Å²) in [6, 6.07) is 19.9. The van der Waals surface area contributed by atoms with Gasteiger partial charge in [0.05, 0.1) is 13.4 Å². The van der Waals surface area contributed by atoms with E-state index in [0.29, 0.717) is 5.75 Å². The fourth-order valence-corrected chi connectivity index (χ4v) is 3.87. The fraction of sp³-hybridized carbons (Fsp3) is 0.148. The minimum absolute atomic E-state index is 0.179. The Morgan fingerprint density at radius 3 is 2.45 bits per heavy atom. The minimum Gasteiger partial charge on any atom is -0.496 e. The van der Waals surface area contributed by atoms with Crippen molar-refractivity contribution in [2.24, 2.45) is 0 Å². The first kappa shape index (κ1) is 20.5. The minimum atomic E-state index is -0.179. The van der Waals surface area contributed by atoms with E-state index in [9.17, 15) is 4.79 Å². The fourth-order valence-electron chi connectivity index (χ4n) is 3.87. The van der Waals surface area contributed by atoms with E-state index >= 15 is 0 Å². The van der Waals surface area contributed by atoms with E-state index in [0.717, 1.165) is 50.0 Å². The Balaban J connectivity index is 1.77. The Bertz CT molecular complexity index is 1280. The Kier molecular flexibility index (Phi) is 5.63. The molecule has 1 amide bonds. The lowest BCUT2D eigenvalue weighted by Gasteiger charge is -2.13. The number of allylic oxidation sites excluding steroid dienone is 1. The molecule has 31 heavy (non-hydrogen) atoms. The molecule has 1 heterocycles. The van der Waals surface area contributed by atoms with Crippen LogP contribution < -0.4 is 10.1 Å². The molecule has 3 aromatic carbocycles. The van der Waals surface area contributed by atoms with Crippen molar-refractivity contribution in [1.29, 1.82) is 0 Å². The van der Waals surface area contributed by atoms with Crippen molar-refractivity contribution in [2.75, 3.05) is 12.4 Å². The van der Waals surface area contributed by atoms with Crippen molar-refractivity contribution >= 4 is 28.1 Å². The molecule has 0 radical (unpaired) electrons. The molecule has 4 aromatic rings. The van der Waals surface area contributed by atoms with Crippen molar-refractivity contribution in [2.45, 2.75) is 20.8 Å². The second kappa shape index (κ2) is 8.52. The molecular formula is C27H25NO3. The maximum Gasteiger partial charge on any atom is 0.248 e. The second-order valence-corrected chi connectivity index (χ2v) is 7.61. The Morgan fingerprint density at radius 2 is 1.74 bits per heavy atom. The molecular weight excluding hydrogens is 386 g/mol. The van der Waals surface area contributed by atoms with Gasteiger partial charge in [-0.2, -0.15) is 0 Å². The second-order valence-electron chi connectivity index (χ2n) is 7.61. The summed E-state index contributed by atoms with van der Waals surface area (Å²) >= 11 is 0. The molecule has 1 aromatic heterocycles. The smallest absolute Gasteiger partial charge is 0.248 e. The number of hydrogen-bond donors (Lipinski definition) is 1. The molecule has 0 atom stereocenters. The molecule has 0 unspecified atom stereocenters. The molecule has 0 aliphatic rings. The zero-order chi connectivity index (χ0) is 22.0. The highest BCUT2D eigenvalue weighted by Crippen LogP contribution is 2.40. The van der Waals surface area contributed by atoms with Gasteiger partial charge in [0, 0.05) is 33.8 Å². The van der Waals surface area contributed by atoms with E-state index in [4.69, 9.17) is 9.15 Å². The summed E-state index contributed by atoms with van der Waals surface area (Å²) in [5.41, 5.74) is 7.29. The third-order valence-corrected chi connectivity index (χ3v) is 5.51. The zero-order valence-electron chi connectivity index (χ0n) is 18.2. The number of carbonyl (C=O) groups is 1. The molecule has 0 spiro atoms. The SMILES string of the molecule is COc1c(/C(C)=C/C(=O)Nc2ccccc2C)cc2c(-c3ccccc3)coc2c1C. The zero-order valence-corrected chi connectivity index (χ0v) is 18.2. The normalized spacial score (nSPS) is 11.5. The molecule has 0 bridgehead atoms. The number of hydrogen-bond acceptors (Lipinski definition) is 3. The van der Waals surface area contributed by atoms with E-state index in [-0.39, 0.29) is 5.91 Å². The average Bonchev–Trinajstić information content (AvgIpc) is 3.20. The molecule has 0 saturated carbocycles. The lowest BCUT2D eigenvalue weighted by atomic mass is 9.96. The Labute approximate surface area is 182 Å². The maximum absolute atomic E-state index is 12.7. The summed E-state index contributed by atoms with van der Waals surface area (Å²) in [4.78, 5) is 12.7. The summed E-state index contributed by atoms with van der Waals surface area (Å²) in [5.74, 6) is 0.529. The van der Waals surface area contributed by atoms with Gasteiger partial charge >= 0.3 is 0 Å². The van der Waals surface area contributed by atoms with E-state index in [2.05, 4.69) is 17.4 Å². The van der Waals surface area contributed by atoms with E-state index in [1.165, 1.54) is 0 Å². The average molecular weight is 412 g/mol.